The van der Waals surface area contributed by atoms with Crippen LogP contribution in [0.5, 0.6) is 0 Å². The van der Waals surface area contributed by atoms with E-state index in [0.29, 0.717) is 6.61 Å². The van der Waals surface area contributed by atoms with Crippen LogP contribution in [0.4, 0.5) is 4.39 Å². The highest BCUT2D eigenvalue weighted by Crippen LogP contribution is 2.14. The molecule has 1 aliphatic heterocycles. The van der Waals surface area contributed by atoms with Crippen molar-refractivity contribution < 1.29 is 9.23 Å². The van der Waals surface area contributed by atoms with E-state index in [-0.39, 0.29) is 11.9 Å². The Morgan fingerprint density at radius 1 is 1.50 bits per heavy atom. The van der Waals surface area contributed by atoms with Crippen LogP contribution in [0.2, 0.25) is 0 Å². The average Bonchev–Trinajstić information content (AvgIpc) is 2.53. The Balaban J connectivity index is 2.57. The molecule has 1 N–H and O–H groups in total. The molecule has 1 fully saturated rings. The molecular weight excluding hydrogens is 181 g/mol. The normalized spacial score (nSPS) is 22.2. The maximum Gasteiger partial charge on any atom is 0.123 e. The fourth-order valence-corrected chi connectivity index (χ4v) is 1.25. The van der Waals surface area contributed by atoms with Gasteiger partial charge >= 0.3 is 0 Å². The van der Waals surface area contributed by atoms with Crippen molar-refractivity contribution in [1.29, 1.82) is 0 Å². The molecule has 0 saturated carbocycles. The van der Waals surface area contributed by atoms with Crippen LogP contribution in [0.1, 0.15) is 20.3 Å². The summed E-state index contributed by atoms with van der Waals surface area (Å²) in [7, 11) is 0. The molecule has 0 bridgehead atoms. The van der Waals surface area contributed by atoms with Gasteiger partial charge in [-0.1, -0.05) is 12.2 Å². The number of hydrogen-bond acceptors (Lipinski definition) is 2. The second-order valence-electron chi connectivity index (χ2n) is 3.63. The van der Waals surface area contributed by atoms with Gasteiger partial charge in [0.25, 0.3) is 0 Å². The predicted molar refractivity (Wildman–Crippen MR) is 55.3 cm³/mol. The Labute approximate surface area is 84.1 Å². The van der Waals surface area contributed by atoms with E-state index in [1.807, 2.05) is 13.8 Å². The second kappa shape index (κ2) is 5.08. The summed E-state index contributed by atoms with van der Waals surface area (Å²) in [6, 6.07) is 0.0475. The van der Waals surface area contributed by atoms with Gasteiger partial charge < -0.3 is 4.84 Å². The number of rotatable bonds is 3. The zero-order valence-corrected chi connectivity index (χ0v) is 8.64. The van der Waals surface area contributed by atoms with E-state index >= 15 is 0 Å². The van der Waals surface area contributed by atoms with Gasteiger partial charge in [0.2, 0.25) is 0 Å². The monoisotopic (exact) mass is 197 g/mol. The minimum absolute atomic E-state index is 0.0475. The standard InChI is InChI=1S/C11H16FNO/c1-8(2)6-10(12)7-9(3)11-4-5-14-13-11/h6-7,11,13H,3-5H2,1-2H3/b10-7+/t11-/m0/s1. The number of hydroxylamine groups is 1. The lowest BCUT2D eigenvalue weighted by molar-refractivity contribution is 0.0934. The number of hydrogen-bond donors (Lipinski definition) is 1. The third-order valence-electron chi connectivity index (χ3n) is 1.93. The van der Waals surface area contributed by atoms with Crippen molar-refractivity contribution in [3.8, 4) is 0 Å². The van der Waals surface area contributed by atoms with Crippen molar-refractivity contribution >= 4 is 0 Å². The summed E-state index contributed by atoms with van der Waals surface area (Å²) in [5.41, 5.74) is 4.44. The van der Waals surface area contributed by atoms with E-state index in [2.05, 4.69) is 12.1 Å². The number of nitrogens with one attached hydrogen (secondary N) is 1. The van der Waals surface area contributed by atoms with E-state index in [4.69, 9.17) is 4.84 Å². The maximum absolute atomic E-state index is 13.2. The molecule has 0 spiro atoms. The van der Waals surface area contributed by atoms with Crippen molar-refractivity contribution in [2.24, 2.45) is 0 Å². The zero-order chi connectivity index (χ0) is 10.6. The summed E-state index contributed by atoms with van der Waals surface area (Å²) >= 11 is 0. The molecule has 1 heterocycles. The Morgan fingerprint density at radius 3 is 2.71 bits per heavy atom. The molecule has 0 aromatic rings. The van der Waals surface area contributed by atoms with Gasteiger partial charge in [-0.15, -0.1) is 0 Å². The third-order valence-corrected chi connectivity index (χ3v) is 1.93. The molecule has 78 valence electrons. The van der Waals surface area contributed by atoms with Crippen molar-refractivity contribution in [3.63, 3.8) is 0 Å². The third kappa shape index (κ3) is 3.44. The topological polar surface area (TPSA) is 21.3 Å². The van der Waals surface area contributed by atoms with Crippen LogP contribution in [0.3, 0.4) is 0 Å². The fraction of sp³-hybridized carbons (Fsp3) is 0.455. The molecule has 0 aromatic carbocycles. The van der Waals surface area contributed by atoms with Gasteiger partial charge in [-0.05, 0) is 38.0 Å². The van der Waals surface area contributed by atoms with E-state index < -0.39 is 0 Å². The Hall–Kier alpha value is -0.930. The zero-order valence-electron chi connectivity index (χ0n) is 8.64. The van der Waals surface area contributed by atoms with Gasteiger partial charge in [0, 0.05) is 0 Å². The summed E-state index contributed by atoms with van der Waals surface area (Å²) < 4.78 is 13.2. The van der Waals surface area contributed by atoms with Crippen molar-refractivity contribution in [2.75, 3.05) is 6.61 Å². The molecule has 14 heavy (non-hydrogen) atoms. The van der Waals surface area contributed by atoms with Crippen LogP contribution in [0, 0.1) is 0 Å². The first-order chi connectivity index (χ1) is 6.59. The van der Waals surface area contributed by atoms with Crippen molar-refractivity contribution in [1.82, 2.24) is 5.48 Å². The van der Waals surface area contributed by atoms with Crippen LogP contribution in [-0.4, -0.2) is 12.6 Å². The minimum atomic E-state index is -0.260. The van der Waals surface area contributed by atoms with Gasteiger partial charge in [0.1, 0.15) is 5.83 Å². The summed E-state index contributed by atoms with van der Waals surface area (Å²) in [6.07, 6.45) is 3.78. The summed E-state index contributed by atoms with van der Waals surface area (Å²) in [5.74, 6) is -0.260. The number of halogens is 1. The van der Waals surface area contributed by atoms with Gasteiger partial charge in [-0.25, -0.2) is 4.39 Å². The van der Waals surface area contributed by atoms with Crippen LogP contribution >= 0.6 is 0 Å². The molecule has 0 unspecified atom stereocenters. The molecule has 0 amide bonds. The van der Waals surface area contributed by atoms with Crippen LogP contribution in [0.15, 0.2) is 35.7 Å². The Bertz CT molecular complexity index is 271. The summed E-state index contributed by atoms with van der Waals surface area (Å²) in [4.78, 5) is 4.96. The van der Waals surface area contributed by atoms with Crippen LogP contribution < -0.4 is 5.48 Å². The molecule has 1 saturated heterocycles. The van der Waals surface area contributed by atoms with E-state index in [1.54, 1.807) is 0 Å². The van der Waals surface area contributed by atoms with Gasteiger partial charge in [0.15, 0.2) is 0 Å². The quantitative estimate of drug-likeness (QED) is 0.702. The lowest BCUT2D eigenvalue weighted by Gasteiger charge is -2.07. The van der Waals surface area contributed by atoms with Crippen molar-refractivity contribution in [3.05, 3.63) is 35.7 Å². The average molecular weight is 197 g/mol. The maximum atomic E-state index is 13.2. The first-order valence-electron chi connectivity index (χ1n) is 4.68. The van der Waals surface area contributed by atoms with Crippen LogP contribution in [-0.2, 0) is 4.84 Å². The largest absolute Gasteiger partial charge is 0.301 e. The molecule has 0 aliphatic carbocycles. The molecule has 3 heteroatoms. The lowest BCUT2D eigenvalue weighted by Crippen LogP contribution is -2.21. The first-order valence-corrected chi connectivity index (χ1v) is 4.68. The highest BCUT2D eigenvalue weighted by atomic mass is 19.1. The highest BCUT2D eigenvalue weighted by Gasteiger charge is 2.16. The molecular formula is C11H16FNO. The molecule has 2 nitrogen and oxygen atoms in total. The predicted octanol–water partition coefficient (Wildman–Crippen LogP) is 2.66. The van der Waals surface area contributed by atoms with Crippen molar-refractivity contribution in [2.45, 2.75) is 26.3 Å². The van der Waals surface area contributed by atoms with E-state index in [1.165, 1.54) is 12.2 Å². The van der Waals surface area contributed by atoms with Gasteiger partial charge in [-0.2, -0.15) is 5.48 Å². The highest BCUT2D eigenvalue weighted by molar-refractivity contribution is 5.29. The summed E-state index contributed by atoms with van der Waals surface area (Å²) in [5, 5.41) is 0. The smallest absolute Gasteiger partial charge is 0.123 e. The first kappa shape index (κ1) is 11.1. The molecule has 1 rings (SSSR count). The molecule has 0 radical (unpaired) electrons. The molecule has 0 aromatic heterocycles. The molecule has 1 aliphatic rings. The Morgan fingerprint density at radius 2 is 2.21 bits per heavy atom. The fourth-order valence-electron chi connectivity index (χ4n) is 1.25. The van der Waals surface area contributed by atoms with Gasteiger partial charge in [-0.3, -0.25) is 0 Å². The second-order valence-corrected chi connectivity index (χ2v) is 3.63. The SMILES string of the molecule is C=C(/C=C(/F)C=C(C)C)[C@@H]1CCON1. The molecule has 1 atom stereocenters. The Kier molecular flexibility index (Phi) is 4.04. The lowest BCUT2D eigenvalue weighted by atomic mass is 10.1. The van der Waals surface area contributed by atoms with Gasteiger partial charge in [0.05, 0.1) is 12.6 Å². The number of allylic oxidation sites excluding steroid dienone is 3. The van der Waals surface area contributed by atoms with E-state index in [0.717, 1.165) is 17.6 Å². The van der Waals surface area contributed by atoms with Crippen LogP contribution in [0.25, 0.3) is 0 Å². The van der Waals surface area contributed by atoms with E-state index in [9.17, 15) is 4.39 Å². The summed E-state index contributed by atoms with van der Waals surface area (Å²) in [6.45, 7) is 8.16. The minimum Gasteiger partial charge on any atom is -0.301 e.